The van der Waals surface area contributed by atoms with Crippen molar-refractivity contribution in [2.75, 3.05) is 13.1 Å². The van der Waals surface area contributed by atoms with Crippen molar-refractivity contribution >= 4 is 11.7 Å². The summed E-state index contributed by atoms with van der Waals surface area (Å²) < 4.78 is 7.88. The first kappa shape index (κ1) is 21.7. The van der Waals surface area contributed by atoms with Gasteiger partial charge in [-0.15, -0.1) is 0 Å². The lowest BCUT2D eigenvalue weighted by Gasteiger charge is -2.33. The predicted molar refractivity (Wildman–Crippen MR) is 129 cm³/mol. The number of nitrogens with two attached hydrogens (primary N) is 1. The summed E-state index contributed by atoms with van der Waals surface area (Å²) in [5.41, 5.74) is 13.9. The number of hydrogen-bond donors (Lipinski definition) is 2. The number of amides is 1. The third-order valence-corrected chi connectivity index (χ3v) is 6.17. The van der Waals surface area contributed by atoms with Gasteiger partial charge in [-0.2, -0.15) is 10.2 Å². The molecule has 0 spiro atoms. The standard InChI is InChI=1S/C25H27N7O2/c1-3-22(33)31-12-4-5-18(15-31)32-20-14-28-29-25(26)23(20)24(30-32)17-7-9-19(10-8-17)34-21-11-6-16(2)13-27-21/h3,6-11,13,18,28H,1,4-5,12,14-15H2,2H3,(H2,26,29). The van der Waals surface area contributed by atoms with Crippen LogP contribution in [0.25, 0.3) is 11.3 Å². The molecule has 2 aromatic heterocycles. The second-order valence-corrected chi connectivity index (χ2v) is 8.53. The van der Waals surface area contributed by atoms with Crippen molar-refractivity contribution in [3.63, 3.8) is 0 Å². The summed E-state index contributed by atoms with van der Waals surface area (Å²) in [5, 5.41) is 9.21. The number of aryl methyl sites for hydroxylation is 1. The Morgan fingerprint density at radius 2 is 2.09 bits per heavy atom. The maximum absolute atomic E-state index is 12.2. The molecule has 1 amide bonds. The minimum Gasteiger partial charge on any atom is -0.439 e. The van der Waals surface area contributed by atoms with E-state index in [0.717, 1.165) is 47.5 Å². The normalized spacial score (nSPS) is 17.4. The van der Waals surface area contributed by atoms with Gasteiger partial charge in [0.2, 0.25) is 11.8 Å². The van der Waals surface area contributed by atoms with Crippen molar-refractivity contribution < 1.29 is 9.53 Å². The molecule has 9 nitrogen and oxygen atoms in total. The first-order chi connectivity index (χ1) is 16.5. The number of ether oxygens (including phenoxy) is 1. The van der Waals surface area contributed by atoms with Gasteiger partial charge in [0, 0.05) is 30.9 Å². The van der Waals surface area contributed by atoms with Crippen LogP contribution in [0.1, 0.15) is 35.7 Å². The maximum atomic E-state index is 12.2. The molecule has 5 rings (SSSR count). The van der Waals surface area contributed by atoms with Crippen molar-refractivity contribution in [1.29, 1.82) is 0 Å². The van der Waals surface area contributed by atoms with E-state index in [-0.39, 0.29) is 11.9 Å². The molecule has 9 heteroatoms. The molecule has 2 aliphatic rings. The molecule has 3 aromatic rings. The van der Waals surface area contributed by atoms with Crippen LogP contribution in [0.15, 0.2) is 60.4 Å². The summed E-state index contributed by atoms with van der Waals surface area (Å²) in [6.45, 7) is 7.45. The number of hydrazone groups is 1. The van der Waals surface area contributed by atoms with Crippen LogP contribution in [0.3, 0.4) is 0 Å². The molecule has 1 saturated heterocycles. The second kappa shape index (κ2) is 9.01. The third kappa shape index (κ3) is 4.12. The van der Waals surface area contributed by atoms with Crippen LogP contribution in [0.2, 0.25) is 0 Å². The van der Waals surface area contributed by atoms with Gasteiger partial charge in [-0.3, -0.25) is 9.48 Å². The number of benzene rings is 1. The Balaban J connectivity index is 1.46. The zero-order chi connectivity index (χ0) is 23.7. The number of hydrogen-bond acceptors (Lipinski definition) is 7. The van der Waals surface area contributed by atoms with Crippen LogP contribution in [-0.4, -0.2) is 44.5 Å². The first-order valence-corrected chi connectivity index (χ1v) is 11.3. The Bertz CT molecular complexity index is 1250. The molecule has 1 aromatic carbocycles. The monoisotopic (exact) mass is 457 g/mol. The number of nitrogens with one attached hydrogen (secondary N) is 1. The summed E-state index contributed by atoms with van der Waals surface area (Å²) >= 11 is 0. The fourth-order valence-corrected chi connectivity index (χ4v) is 4.47. The molecule has 0 saturated carbocycles. The zero-order valence-electron chi connectivity index (χ0n) is 19.1. The Hall–Kier alpha value is -4.14. The summed E-state index contributed by atoms with van der Waals surface area (Å²) in [7, 11) is 0. The van der Waals surface area contributed by atoms with E-state index in [1.165, 1.54) is 6.08 Å². The first-order valence-electron chi connectivity index (χ1n) is 11.3. The molecule has 1 fully saturated rings. The number of amidine groups is 1. The average Bonchev–Trinajstić information content (AvgIpc) is 3.26. The Kier molecular flexibility index (Phi) is 5.75. The predicted octanol–water partition coefficient (Wildman–Crippen LogP) is 3.12. The van der Waals surface area contributed by atoms with Gasteiger partial charge in [0.05, 0.1) is 23.8 Å². The highest BCUT2D eigenvalue weighted by Gasteiger charge is 2.31. The quantitative estimate of drug-likeness (QED) is 0.570. The second-order valence-electron chi connectivity index (χ2n) is 8.53. The molecule has 1 unspecified atom stereocenters. The molecule has 4 heterocycles. The number of fused-ring (bicyclic) bond motifs is 1. The number of rotatable bonds is 5. The van der Waals surface area contributed by atoms with Crippen molar-refractivity contribution in [3.05, 3.63) is 72.1 Å². The van der Waals surface area contributed by atoms with Crippen LogP contribution < -0.4 is 15.9 Å². The summed E-state index contributed by atoms with van der Waals surface area (Å²) in [6.07, 6.45) is 4.98. The lowest BCUT2D eigenvalue weighted by Crippen LogP contribution is -2.41. The minimum absolute atomic E-state index is 0.0520. The van der Waals surface area contributed by atoms with Crippen molar-refractivity contribution in [2.24, 2.45) is 10.8 Å². The van der Waals surface area contributed by atoms with Gasteiger partial charge in [-0.05, 0) is 55.7 Å². The fraction of sp³-hybridized carbons (Fsp3) is 0.280. The lowest BCUT2D eigenvalue weighted by molar-refractivity contribution is -0.127. The number of carbonyl (C=O) groups excluding carboxylic acids is 1. The topological polar surface area (TPSA) is 111 Å². The van der Waals surface area contributed by atoms with Crippen LogP contribution in [-0.2, 0) is 11.3 Å². The third-order valence-electron chi connectivity index (χ3n) is 6.17. The van der Waals surface area contributed by atoms with Crippen molar-refractivity contribution in [1.82, 2.24) is 25.1 Å². The van der Waals surface area contributed by atoms with E-state index < -0.39 is 0 Å². The fourth-order valence-electron chi connectivity index (χ4n) is 4.47. The molecule has 34 heavy (non-hydrogen) atoms. The van der Waals surface area contributed by atoms with Gasteiger partial charge in [0.1, 0.15) is 11.4 Å². The maximum Gasteiger partial charge on any atom is 0.246 e. The molecule has 174 valence electrons. The highest BCUT2D eigenvalue weighted by molar-refractivity contribution is 6.04. The Labute approximate surface area is 197 Å². The van der Waals surface area contributed by atoms with E-state index >= 15 is 0 Å². The number of pyridine rings is 1. The minimum atomic E-state index is -0.0520. The van der Waals surface area contributed by atoms with Crippen LogP contribution in [0, 0.1) is 6.92 Å². The molecule has 3 N–H and O–H groups in total. The number of nitrogens with zero attached hydrogens (tertiary/aromatic N) is 5. The lowest BCUT2D eigenvalue weighted by atomic mass is 10.0. The van der Waals surface area contributed by atoms with E-state index in [0.29, 0.717) is 30.6 Å². The van der Waals surface area contributed by atoms with Crippen LogP contribution in [0.5, 0.6) is 11.6 Å². The van der Waals surface area contributed by atoms with Crippen LogP contribution >= 0.6 is 0 Å². The van der Waals surface area contributed by atoms with Crippen LogP contribution in [0.4, 0.5) is 0 Å². The van der Waals surface area contributed by atoms with Gasteiger partial charge in [-0.25, -0.2) is 4.98 Å². The van der Waals surface area contributed by atoms with E-state index in [1.54, 1.807) is 6.20 Å². The van der Waals surface area contributed by atoms with E-state index in [2.05, 4.69) is 22.1 Å². The molecular formula is C25H27N7O2. The summed E-state index contributed by atoms with van der Waals surface area (Å²) in [6, 6.07) is 11.6. The number of carbonyl (C=O) groups is 1. The molecular weight excluding hydrogens is 430 g/mol. The highest BCUT2D eigenvalue weighted by atomic mass is 16.5. The van der Waals surface area contributed by atoms with E-state index in [9.17, 15) is 4.79 Å². The van der Waals surface area contributed by atoms with Crippen molar-refractivity contribution in [2.45, 2.75) is 32.4 Å². The number of piperidine rings is 1. The molecule has 0 bridgehead atoms. The Morgan fingerprint density at radius 1 is 1.26 bits per heavy atom. The summed E-state index contributed by atoms with van der Waals surface area (Å²) in [4.78, 5) is 18.3. The van der Waals surface area contributed by atoms with Gasteiger partial charge in [0.25, 0.3) is 0 Å². The molecule has 0 radical (unpaired) electrons. The van der Waals surface area contributed by atoms with Crippen molar-refractivity contribution in [3.8, 4) is 22.9 Å². The van der Waals surface area contributed by atoms with E-state index in [1.807, 2.05) is 52.9 Å². The van der Waals surface area contributed by atoms with E-state index in [4.69, 9.17) is 15.6 Å². The Morgan fingerprint density at radius 3 is 2.82 bits per heavy atom. The zero-order valence-corrected chi connectivity index (χ0v) is 19.1. The highest BCUT2D eigenvalue weighted by Crippen LogP contribution is 2.33. The molecule has 1 atom stereocenters. The number of likely N-dealkylation sites (tertiary alicyclic amines) is 1. The molecule has 2 aliphatic heterocycles. The van der Waals surface area contributed by atoms with Gasteiger partial charge >= 0.3 is 0 Å². The largest absolute Gasteiger partial charge is 0.439 e. The van der Waals surface area contributed by atoms with Gasteiger partial charge < -0.3 is 20.8 Å². The smallest absolute Gasteiger partial charge is 0.246 e. The van der Waals surface area contributed by atoms with Gasteiger partial charge in [0.15, 0.2) is 5.84 Å². The van der Waals surface area contributed by atoms with Gasteiger partial charge in [-0.1, -0.05) is 12.6 Å². The average molecular weight is 458 g/mol. The SMILES string of the molecule is C=CC(=O)N1CCCC(n2nc(-c3ccc(Oc4ccc(C)cn4)cc3)c3c2CNN=C3N)C1. The molecule has 0 aliphatic carbocycles. The number of aromatic nitrogens is 3. The summed E-state index contributed by atoms with van der Waals surface area (Å²) in [5.74, 6) is 1.58.